The normalized spacial score (nSPS) is 25.1. The summed E-state index contributed by atoms with van der Waals surface area (Å²) in [6, 6.07) is 3.87. The summed E-state index contributed by atoms with van der Waals surface area (Å²) in [5, 5.41) is 0.901. The van der Waals surface area contributed by atoms with E-state index in [0.717, 1.165) is 0 Å². The largest absolute Gasteiger partial charge is 0.349 e. The molecule has 4 heterocycles. The molecule has 0 unspecified atom stereocenters. The van der Waals surface area contributed by atoms with E-state index in [2.05, 4.69) is 9.97 Å². The van der Waals surface area contributed by atoms with Gasteiger partial charge in [-0.1, -0.05) is 11.8 Å². The van der Waals surface area contributed by atoms with Gasteiger partial charge in [-0.05, 0) is 18.2 Å². The Bertz CT molecular complexity index is 1170. The number of rotatable bonds is 0. The summed E-state index contributed by atoms with van der Waals surface area (Å²) in [4.78, 5) is 20.3. The Morgan fingerprint density at radius 2 is 2.17 bits per heavy atom. The lowest BCUT2D eigenvalue weighted by Gasteiger charge is -2.09. The average Bonchev–Trinajstić information content (AvgIpc) is 3.07. The van der Waals surface area contributed by atoms with Gasteiger partial charge in [0, 0.05) is 16.2 Å². The molecule has 118 valence electrons. The minimum atomic E-state index is -3.12. The number of hydrogen-bond donors (Lipinski definition) is 1. The molecule has 1 aromatic carbocycles. The standard InChI is InChI=1S/C14H10FN3O3S2/c15-6-1-2-8-7(3-6)11-12(16-8)13(19)18-9-4-23(20,21)5-10(9)22-14(18)17-11/h1-3,9-10,16H,4-5H2/t9-,10-/m0/s1. The molecule has 0 aliphatic carbocycles. The Balaban J connectivity index is 1.84. The molecule has 23 heavy (non-hydrogen) atoms. The molecule has 0 bridgehead atoms. The molecule has 6 nitrogen and oxygen atoms in total. The molecular weight excluding hydrogens is 341 g/mol. The number of hydrogen-bond acceptors (Lipinski definition) is 5. The van der Waals surface area contributed by atoms with Crippen molar-refractivity contribution in [3.05, 3.63) is 34.4 Å². The Kier molecular flexibility index (Phi) is 2.45. The number of aromatic amines is 1. The second-order valence-corrected chi connectivity index (χ2v) is 9.27. The van der Waals surface area contributed by atoms with Crippen molar-refractivity contribution in [2.45, 2.75) is 16.4 Å². The van der Waals surface area contributed by atoms with E-state index < -0.39 is 15.7 Å². The van der Waals surface area contributed by atoms with Crippen molar-refractivity contribution < 1.29 is 12.8 Å². The maximum absolute atomic E-state index is 13.5. The Morgan fingerprint density at radius 1 is 1.35 bits per heavy atom. The monoisotopic (exact) mass is 351 g/mol. The fourth-order valence-electron chi connectivity index (χ4n) is 3.44. The maximum atomic E-state index is 13.5. The lowest BCUT2D eigenvalue weighted by atomic mass is 10.2. The molecule has 1 fully saturated rings. The van der Waals surface area contributed by atoms with Crippen LogP contribution in [0.4, 0.5) is 4.39 Å². The van der Waals surface area contributed by atoms with Gasteiger partial charge < -0.3 is 4.98 Å². The summed E-state index contributed by atoms with van der Waals surface area (Å²) in [5.74, 6) is -0.356. The smallest absolute Gasteiger partial charge is 0.278 e. The molecule has 3 aromatic rings. The predicted molar refractivity (Wildman–Crippen MR) is 85.2 cm³/mol. The fourth-order valence-corrected chi connectivity index (χ4v) is 7.34. The average molecular weight is 351 g/mol. The summed E-state index contributed by atoms with van der Waals surface area (Å²) in [5.41, 5.74) is 1.07. The predicted octanol–water partition coefficient (Wildman–Crippen LogP) is 1.46. The fraction of sp³-hybridized carbons (Fsp3) is 0.286. The second kappa shape index (κ2) is 4.15. The van der Waals surface area contributed by atoms with Crippen molar-refractivity contribution in [1.82, 2.24) is 14.5 Å². The number of fused-ring (bicyclic) bond motifs is 6. The van der Waals surface area contributed by atoms with Gasteiger partial charge in [0.25, 0.3) is 5.56 Å². The molecule has 0 spiro atoms. The third-order valence-corrected chi connectivity index (χ3v) is 7.65. The van der Waals surface area contributed by atoms with E-state index in [1.165, 1.54) is 28.5 Å². The van der Waals surface area contributed by atoms with Crippen LogP contribution >= 0.6 is 11.8 Å². The zero-order valence-electron chi connectivity index (χ0n) is 11.6. The number of thioether (sulfide) groups is 1. The molecule has 1 saturated heterocycles. The molecule has 0 radical (unpaired) electrons. The topological polar surface area (TPSA) is 84.8 Å². The van der Waals surface area contributed by atoms with Crippen LogP contribution in [-0.2, 0) is 9.84 Å². The van der Waals surface area contributed by atoms with Gasteiger partial charge in [-0.25, -0.2) is 17.8 Å². The zero-order valence-corrected chi connectivity index (χ0v) is 13.2. The molecule has 0 saturated carbocycles. The Hall–Kier alpha value is -1.87. The number of benzene rings is 1. The highest BCUT2D eigenvalue weighted by molar-refractivity contribution is 8.02. The van der Waals surface area contributed by atoms with E-state index in [1.807, 2.05) is 0 Å². The van der Waals surface area contributed by atoms with Crippen LogP contribution in [0.5, 0.6) is 0 Å². The summed E-state index contributed by atoms with van der Waals surface area (Å²) < 4.78 is 38.6. The quantitative estimate of drug-likeness (QED) is 0.620. The van der Waals surface area contributed by atoms with Crippen LogP contribution in [0.2, 0.25) is 0 Å². The van der Waals surface area contributed by atoms with Gasteiger partial charge in [-0.3, -0.25) is 9.36 Å². The van der Waals surface area contributed by atoms with Gasteiger partial charge in [0.1, 0.15) is 16.9 Å². The highest BCUT2D eigenvalue weighted by Gasteiger charge is 2.46. The van der Waals surface area contributed by atoms with Crippen molar-refractivity contribution >= 4 is 43.5 Å². The van der Waals surface area contributed by atoms with Crippen molar-refractivity contribution in [3.63, 3.8) is 0 Å². The van der Waals surface area contributed by atoms with Crippen LogP contribution in [0.15, 0.2) is 28.2 Å². The van der Waals surface area contributed by atoms with E-state index in [-0.39, 0.29) is 28.4 Å². The van der Waals surface area contributed by atoms with Crippen LogP contribution in [0.1, 0.15) is 6.04 Å². The van der Waals surface area contributed by atoms with Crippen LogP contribution in [0, 0.1) is 5.82 Å². The van der Waals surface area contributed by atoms with Crippen molar-refractivity contribution in [1.29, 1.82) is 0 Å². The zero-order chi connectivity index (χ0) is 15.9. The Morgan fingerprint density at radius 3 is 3.00 bits per heavy atom. The third kappa shape index (κ3) is 1.77. The first kappa shape index (κ1) is 13.6. The van der Waals surface area contributed by atoms with Crippen molar-refractivity contribution in [3.8, 4) is 0 Å². The number of sulfone groups is 1. The molecule has 2 aliphatic rings. The first-order valence-corrected chi connectivity index (χ1v) is 9.74. The van der Waals surface area contributed by atoms with Crippen molar-refractivity contribution in [2.75, 3.05) is 11.5 Å². The summed E-state index contributed by atoms with van der Waals surface area (Å²) in [6.45, 7) is 0. The highest BCUT2D eigenvalue weighted by atomic mass is 32.2. The van der Waals surface area contributed by atoms with Gasteiger partial charge in [0.2, 0.25) is 0 Å². The van der Waals surface area contributed by atoms with E-state index in [1.54, 1.807) is 6.07 Å². The lowest BCUT2D eigenvalue weighted by molar-refractivity contribution is 0.524. The number of H-pyrrole nitrogens is 1. The molecular formula is C14H10FN3O3S2. The van der Waals surface area contributed by atoms with E-state index in [9.17, 15) is 17.6 Å². The minimum Gasteiger partial charge on any atom is -0.349 e. The summed E-state index contributed by atoms with van der Waals surface area (Å²) in [6.07, 6.45) is 0. The van der Waals surface area contributed by atoms with Gasteiger partial charge in [0.05, 0.1) is 17.5 Å². The minimum absolute atomic E-state index is 0.0282. The molecule has 2 atom stereocenters. The second-order valence-electron chi connectivity index (χ2n) is 5.91. The maximum Gasteiger partial charge on any atom is 0.278 e. The van der Waals surface area contributed by atoms with Gasteiger partial charge >= 0.3 is 0 Å². The number of halogens is 1. The third-order valence-electron chi connectivity index (χ3n) is 4.44. The van der Waals surface area contributed by atoms with E-state index in [4.69, 9.17) is 0 Å². The van der Waals surface area contributed by atoms with Crippen LogP contribution in [-0.4, -0.2) is 39.7 Å². The number of nitrogens with zero attached hydrogens (tertiary/aromatic N) is 2. The number of aromatic nitrogens is 3. The summed E-state index contributed by atoms with van der Waals surface area (Å²) in [7, 11) is -3.12. The first-order chi connectivity index (χ1) is 10.9. The first-order valence-electron chi connectivity index (χ1n) is 7.03. The highest BCUT2D eigenvalue weighted by Crippen LogP contribution is 2.44. The van der Waals surface area contributed by atoms with Crippen LogP contribution in [0.25, 0.3) is 21.9 Å². The van der Waals surface area contributed by atoms with Gasteiger partial charge in [0.15, 0.2) is 15.0 Å². The van der Waals surface area contributed by atoms with E-state index >= 15 is 0 Å². The molecule has 0 amide bonds. The molecule has 5 rings (SSSR count). The van der Waals surface area contributed by atoms with Crippen molar-refractivity contribution in [2.24, 2.45) is 0 Å². The van der Waals surface area contributed by atoms with Crippen LogP contribution in [0.3, 0.4) is 0 Å². The van der Waals surface area contributed by atoms with E-state index in [0.29, 0.717) is 27.1 Å². The molecule has 2 aliphatic heterocycles. The van der Waals surface area contributed by atoms with Crippen LogP contribution < -0.4 is 5.56 Å². The molecule has 2 aromatic heterocycles. The number of nitrogens with one attached hydrogen (secondary N) is 1. The molecule has 1 N–H and O–H groups in total. The Labute approximate surface area is 133 Å². The van der Waals surface area contributed by atoms with Gasteiger partial charge in [-0.2, -0.15) is 0 Å². The SMILES string of the molecule is O=c1c2[nH]c3ccc(F)cc3c2nc2n1[C@H]1CS(=O)(=O)C[C@@H]1S2. The molecule has 9 heteroatoms. The summed E-state index contributed by atoms with van der Waals surface area (Å²) >= 11 is 1.32. The lowest BCUT2D eigenvalue weighted by Crippen LogP contribution is -2.27. The van der Waals surface area contributed by atoms with Gasteiger partial charge in [-0.15, -0.1) is 0 Å².